The van der Waals surface area contributed by atoms with E-state index >= 15 is 0 Å². The smallest absolute Gasteiger partial charge is 0.328 e. The van der Waals surface area contributed by atoms with Crippen LogP contribution in [0.25, 0.3) is 17.0 Å². The average Bonchev–Trinajstić information content (AvgIpc) is 2.50. The Labute approximate surface area is 91.0 Å². The minimum atomic E-state index is -0.989. The van der Waals surface area contributed by atoms with E-state index in [4.69, 9.17) is 16.7 Å². The summed E-state index contributed by atoms with van der Waals surface area (Å²) in [5.41, 5.74) is 1.60. The highest BCUT2D eigenvalue weighted by Crippen LogP contribution is 2.26. The van der Waals surface area contributed by atoms with Gasteiger partial charge in [0.2, 0.25) is 0 Å². The number of hydrogen-bond donors (Lipinski definition) is 2. The lowest BCUT2D eigenvalue weighted by Gasteiger charge is -1.90. The highest BCUT2D eigenvalue weighted by atomic mass is 35.5. The zero-order valence-corrected chi connectivity index (χ0v) is 8.45. The largest absolute Gasteiger partial charge is 0.478 e. The van der Waals surface area contributed by atoms with Gasteiger partial charge < -0.3 is 10.1 Å². The Morgan fingerprint density at radius 2 is 2.13 bits per heavy atom. The summed E-state index contributed by atoms with van der Waals surface area (Å²) in [7, 11) is 0. The van der Waals surface area contributed by atoms with Crippen LogP contribution in [0, 0.1) is 0 Å². The van der Waals surface area contributed by atoms with Crippen LogP contribution in [0.5, 0.6) is 0 Å². The van der Waals surface area contributed by atoms with Gasteiger partial charge in [-0.05, 0) is 12.1 Å². The number of hydrogen-bond acceptors (Lipinski definition) is 1. The summed E-state index contributed by atoms with van der Waals surface area (Å²) in [4.78, 5) is 13.4. The van der Waals surface area contributed by atoms with Crippen molar-refractivity contribution in [2.24, 2.45) is 0 Å². The number of fused-ring (bicyclic) bond motifs is 1. The normalized spacial score (nSPS) is 11.3. The molecule has 0 amide bonds. The van der Waals surface area contributed by atoms with Crippen LogP contribution in [0.1, 0.15) is 5.56 Å². The van der Waals surface area contributed by atoms with Crippen LogP contribution in [0.2, 0.25) is 5.15 Å². The predicted octanol–water partition coefficient (Wildman–Crippen LogP) is 2.92. The summed E-state index contributed by atoms with van der Waals surface area (Å²) >= 11 is 5.95. The maximum Gasteiger partial charge on any atom is 0.328 e. The van der Waals surface area contributed by atoms with Gasteiger partial charge in [-0.15, -0.1) is 0 Å². The number of carboxylic acid groups (broad SMARTS) is 1. The van der Waals surface area contributed by atoms with Gasteiger partial charge in [0.05, 0.1) is 0 Å². The van der Waals surface area contributed by atoms with E-state index in [1.165, 1.54) is 6.08 Å². The number of aliphatic carboxylic acids is 1. The van der Waals surface area contributed by atoms with Crippen molar-refractivity contribution < 1.29 is 9.90 Å². The van der Waals surface area contributed by atoms with E-state index in [1.54, 1.807) is 0 Å². The Kier molecular flexibility index (Phi) is 2.47. The molecule has 1 aromatic carbocycles. The number of rotatable bonds is 2. The van der Waals surface area contributed by atoms with Gasteiger partial charge in [0.25, 0.3) is 0 Å². The van der Waals surface area contributed by atoms with Crippen molar-refractivity contribution in [2.45, 2.75) is 0 Å². The highest BCUT2D eigenvalue weighted by molar-refractivity contribution is 6.32. The Bertz CT molecular complexity index is 543. The van der Waals surface area contributed by atoms with E-state index in [9.17, 15) is 4.79 Å². The van der Waals surface area contributed by atoms with Crippen molar-refractivity contribution in [1.29, 1.82) is 0 Å². The molecule has 3 nitrogen and oxygen atoms in total. The van der Waals surface area contributed by atoms with E-state index in [-0.39, 0.29) is 0 Å². The molecule has 4 heteroatoms. The van der Waals surface area contributed by atoms with Crippen molar-refractivity contribution in [2.75, 3.05) is 0 Å². The Morgan fingerprint density at radius 1 is 1.40 bits per heavy atom. The average molecular weight is 222 g/mol. The number of aromatic amines is 1. The monoisotopic (exact) mass is 221 g/mol. The third kappa shape index (κ3) is 1.87. The minimum absolute atomic E-state index is 0.453. The third-order valence-corrected chi connectivity index (χ3v) is 2.39. The molecular weight excluding hydrogens is 214 g/mol. The van der Waals surface area contributed by atoms with Crippen molar-refractivity contribution in [3.63, 3.8) is 0 Å². The summed E-state index contributed by atoms with van der Waals surface area (Å²) in [6, 6.07) is 7.54. The molecule has 0 unspecified atom stereocenters. The third-order valence-electron chi connectivity index (χ3n) is 2.09. The van der Waals surface area contributed by atoms with Gasteiger partial charge in [0, 0.05) is 22.5 Å². The van der Waals surface area contributed by atoms with Crippen molar-refractivity contribution >= 4 is 34.5 Å². The minimum Gasteiger partial charge on any atom is -0.478 e. The summed E-state index contributed by atoms with van der Waals surface area (Å²) in [6.07, 6.45) is 2.56. The first-order valence-electron chi connectivity index (χ1n) is 4.35. The van der Waals surface area contributed by atoms with Crippen LogP contribution in [0.4, 0.5) is 0 Å². The van der Waals surface area contributed by atoms with Crippen LogP contribution >= 0.6 is 11.6 Å². The topological polar surface area (TPSA) is 53.1 Å². The van der Waals surface area contributed by atoms with Gasteiger partial charge in [-0.25, -0.2) is 4.79 Å². The number of halogens is 1. The Morgan fingerprint density at radius 3 is 2.87 bits per heavy atom. The quantitative estimate of drug-likeness (QED) is 0.766. The fourth-order valence-electron chi connectivity index (χ4n) is 1.45. The van der Waals surface area contributed by atoms with Crippen molar-refractivity contribution in [1.82, 2.24) is 4.98 Å². The van der Waals surface area contributed by atoms with Crippen LogP contribution < -0.4 is 0 Å². The van der Waals surface area contributed by atoms with Crippen LogP contribution in [0.3, 0.4) is 0 Å². The van der Waals surface area contributed by atoms with Gasteiger partial charge in [0.15, 0.2) is 0 Å². The molecule has 2 rings (SSSR count). The predicted molar refractivity (Wildman–Crippen MR) is 60.0 cm³/mol. The van der Waals surface area contributed by atoms with E-state index in [2.05, 4.69) is 4.98 Å². The molecule has 0 aliphatic carbocycles. The van der Waals surface area contributed by atoms with Gasteiger partial charge in [-0.1, -0.05) is 29.8 Å². The molecule has 15 heavy (non-hydrogen) atoms. The van der Waals surface area contributed by atoms with Crippen LogP contribution in [-0.2, 0) is 4.79 Å². The van der Waals surface area contributed by atoms with E-state index < -0.39 is 5.97 Å². The lowest BCUT2D eigenvalue weighted by Crippen LogP contribution is -1.85. The van der Waals surface area contributed by atoms with Crippen molar-refractivity contribution in [3.8, 4) is 0 Å². The number of benzene rings is 1. The molecule has 1 heterocycles. The molecule has 0 atom stereocenters. The van der Waals surface area contributed by atoms with E-state index in [1.807, 2.05) is 24.3 Å². The molecule has 0 spiro atoms. The maximum absolute atomic E-state index is 10.4. The Balaban J connectivity index is 2.59. The molecule has 0 saturated heterocycles. The second-order valence-corrected chi connectivity index (χ2v) is 3.45. The maximum atomic E-state index is 10.4. The first-order chi connectivity index (χ1) is 7.18. The van der Waals surface area contributed by atoms with E-state index in [0.29, 0.717) is 10.7 Å². The molecule has 0 fully saturated rings. The summed E-state index contributed by atoms with van der Waals surface area (Å²) in [5.74, 6) is -0.989. The zero-order valence-electron chi connectivity index (χ0n) is 7.70. The van der Waals surface area contributed by atoms with E-state index in [0.717, 1.165) is 17.0 Å². The second-order valence-electron chi connectivity index (χ2n) is 3.07. The molecule has 0 radical (unpaired) electrons. The molecule has 0 aliphatic heterocycles. The molecule has 2 N–H and O–H groups in total. The second kappa shape index (κ2) is 3.79. The number of carbonyl (C=O) groups is 1. The van der Waals surface area contributed by atoms with Crippen LogP contribution in [0.15, 0.2) is 30.3 Å². The zero-order chi connectivity index (χ0) is 10.8. The number of aromatic nitrogens is 1. The standard InChI is InChI=1S/C11H8ClNO2/c12-11-8(5-6-10(14)15)7-3-1-2-4-9(7)13-11/h1-6,13H,(H,14,15)/b6-5+. The fourth-order valence-corrected chi connectivity index (χ4v) is 1.71. The summed E-state index contributed by atoms with van der Waals surface area (Å²) in [6.45, 7) is 0. The van der Waals surface area contributed by atoms with Crippen LogP contribution in [-0.4, -0.2) is 16.1 Å². The highest BCUT2D eigenvalue weighted by Gasteiger charge is 2.06. The number of nitrogens with one attached hydrogen (secondary N) is 1. The van der Waals surface area contributed by atoms with Gasteiger partial charge in [-0.2, -0.15) is 0 Å². The first kappa shape index (κ1) is 9.80. The first-order valence-corrected chi connectivity index (χ1v) is 4.73. The Hall–Kier alpha value is -1.74. The van der Waals surface area contributed by atoms with Gasteiger partial charge in [0.1, 0.15) is 5.15 Å². The molecule has 1 aromatic heterocycles. The SMILES string of the molecule is O=C(O)/C=C/c1c(Cl)[nH]c2ccccc12. The number of carboxylic acids is 1. The molecule has 0 bridgehead atoms. The molecule has 0 aliphatic rings. The summed E-state index contributed by atoms with van der Waals surface area (Å²) in [5, 5.41) is 9.90. The lowest BCUT2D eigenvalue weighted by atomic mass is 10.1. The van der Waals surface area contributed by atoms with Gasteiger partial charge in [-0.3, -0.25) is 0 Å². The molecular formula is C11H8ClNO2. The fraction of sp³-hybridized carbons (Fsp3) is 0. The summed E-state index contributed by atoms with van der Waals surface area (Å²) < 4.78 is 0. The lowest BCUT2D eigenvalue weighted by molar-refractivity contribution is -0.131. The number of para-hydroxylation sites is 1. The molecule has 76 valence electrons. The number of H-pyrrole nitrogens is 1. The van der Waals surface area contributed by atoms with Gasteiger partial charge >= 0.3 is 5.97 Å². The van der Waals surface area contributed by atoms with Crippen molar-refractivity contribution in [3.05, 3.63) is 41.1 Å². The molecule has 2 aromatic rings. The molecule has 0 saturated carbocycles.